The molecule has 0 heterocycles. The van der Waals surface area contributed by atoms with Crippen LogP contribution in [0.2, 0.25) is 0 Å². The standard InChI is InChI=1S/C25H40O2/c1-15(26)18-7-8-19-17-14-22(27)21-13-16(23(2,3)4)9-11-25(21,6)20(17)10-12-24(18,19)5/h16-21H,7-14H2,1-6H3/t16?,17?,18-,19?,20?,21?,24-,25-/m1/s1. The second-order valence-corrected chi connectivity index (χ2v) is 12.2. The van der Waals surface area contributed by atoms with Crippen LogP contribution >= 0.6 is 0 Å². The Bertz CT molecular complexity index is 643. The Kier molecular flexibility index (Phi) is 4.49. The van der Waals surface area contributed by atoms with Crippen LogP contribution in [0, 0.1) is 51.8 Å². The van der Waals surface area contributed by atoms with Gasteiger partial charge >= 0.3 is 0 Å². The van der Waals surface area contributed by atoms with Crippen molar-refractivity contribution in [3.63, 3.8) is 0 Å². The number of rotatable bonds is 1. The summed E-state index contributed by atoms with van der Waals surface area (Å²) in [5.41, 5.74) is 0.667. The number of carbonyl (C=O) groups excluding carboxylic acids is 2. The van der Waals surface area contributed by atoms with E-state index < -0.39 is 0 Å². The minimum Gasteiger partial charge on any atom is -0.300 e. The molecule has 152 valence electrons. The molecule has 2 nitrogen and oxygen atoms in total. The van der Waals surface area contributed by atoms with Crippen LogP contribution in [0.4, 0.5) is 0 Å². The predicted octanol–water partition coefficient (Wildman–Crippen LogP) is 6.08. The number of hydrogen-bond donors (Lipinski definition) is 0. The fourth-order valence-corrected chi connectivity index (χ4v) is 8.49. The van der Waals surface area contributed by atoms with Gasteiger partial charge in [-0.2, -0.15) is 0 Å². The van der Waals surface area contributed by atoms with E-state index in [4.69, 9.17) is 0 Å². The van der Waals surface area contributed by atoms with Gasteiger partial charge < -0.3 is 0 Å². The molecule has 5 unspecified atom stereocenters. The highest BCUT2D eigenvalue weighted by atomic mass is 16.1. The molecule has 4 aliphatic rings. The fraction of sp³-hybridized carbons (Fsp3) is 0.920. The first-order valence-electron chi connectivity index (χ1n) is 11.5. The van der Waals surface area contributed by atoms with Crippen molar-refractivity contribution in [2.24, 2.45) is 51.8 Å². The first kappa shape index (κ1) is 19.6. The summed E-state index contributed by atoms with van der Waals surface area (Å²) in [5.74, 6) is 3.97. The molecular formula is C25H40O2. The SMILES string of the molecule is CC(=O)[C@H]1CCC2C3CC(=O)C4CC(C(C)(C)C)CC[C@]4(C)C3CC[C@@]21C. The van der Waals surface area contributed by atoms with Gasteiger partial charge in [0.2, 0.25) is 0 Å². The molecular weight excluding hydrogens is 332 g/mol. The van der Waals surface area contributed by atoms with Crippen molar-refractivity contribution in [1.82, 2.24) is 0 Å². The molecule has 8 atom stereocenters. The third-order valence-electron chi connectivity index (χ3n) is 10.2. The summed E-state index contributed by atoms with van der Waals surface area (Å²) in [6.45, 7) is 13.7. The molecule has 0 amide bonds. The molecule has 4 rings (SSSR count). The molecule has 0 aromatic heterocycles. The van der Waals surface area contributed by atoms with Crippen molar-refractivity contribution in [3.05, 3.63) is 0 Å². The summed E-state index contributed by atoms with van der Waals surface area (Å²) < 4.78 is 0. The Balaban J connectivity index is 1.62. The van der Waals surface area contributed by atoms with Gasteiger partial charge in [-0.05, 0) is 91.8 Å². The van der Waals surface area contributed by atoms with Gasteiger partial charge in [0.15, 0.2) is 0 Å². The monoisotopic (exact) mass is 372 g/mol. The normalized spacial score (nSPS) is 49.9. The molecule has 0 spiro atoms. The van der Waals surface area contributed by atoms with E-state index in [1.54, 1.807) is 6.92 Å². The molecule has 2 heteroatoms. The van der Waals surface area contributed by atoms with E-state index in [2.05, 4.69) is 34.6 Å². The van der Waals surface area contributed by atoms with Gasteiger partial charge in [-0.25, -0.2) is 0 Å². The Hall–Kier alpha value is -0.660. The van der Waals surface area contributed by atoms with Crippen LogP contribution in [0.1, 0.15) is 92.9 Å². The van der Waals surface area contributed by atoms with E-state index in [0.29, 0.717) is 40.7 Å². The van der Waals surface area contributed by atoms with E-state index in [1.807, 2.05) is 0 Å². The largest absolute Gasteiger partial charge is 0.300 e. The Morgan fingerprint density at radius 3 is 2.22 bits per heavy atom. The Morgan fingerprint density at radius 1 is 0.963 bits per heavy atom. The average molecular weight is 373 g/mol. The molecule has 0 bridgehead atoms. The van der Waals surface area contributed by atoms with Crippen LogP contribution in [0.25, 0.3) is 0 Å². The summed E-state index contributed by atoms with van der Waals surface area (Å²) in [6.07, 6.45) is 9.08. The second-order valence-electron chi connectivity index (χ2n) is 12.2. The van der Waals surface area contributed by atoms with Crippen molar-refractivity contribution in [2.45, 2.75) is 92.9 Å². The second kappa shape index (κ2) is 6.17. The van der Waals surface area contributed by atoms with Gasteiger partial charge in [-0.1, -0.05) is 34.6 Å². The van der Waals surface area contributed by atoms with Gasteiger partial charge in [-0.15, -0.1) is 0 Å². The zero-order chi connectivity index (χ0) is 19.8. The van der Waals surface area contributed by atoms with Crippen molar-refractivity contribution in [2.75, 3.05) is 0 Å². The topological polar surface area (TPSA) is 34.1 Å². The quantitative estimate of drug-likeness (QED) is 0.559. The number of hydrogen-bond acceptors (Lipinski definition) is 2. The molecule has 4 fully saturated rings. The Labute approximate surface area is 166 Å². The molecule has 0 saturated heterocycles. The van der Waals surface area contributed by atoms with Gasteiger partial charge in [0.05, 0.1) is 0 Å². The molecule has 0 aliphatic heterocycles. The fourth-order valence-electron chi connectivity index (χ4n) is 8.49. The number of ketones is 2. The summed E-state index contributed by atoms with van der Waals surface area (Å²) in [7, 11) is 0. The van der Waals surface area contributed by atoms with E-state index in [9.17, 15) is 9.59 Å². The lowest BCUT2D eigenvalue weighted by atomic mass is 9.43. The maximum absolute atomic E-state index is 13.4. The van der Waals surface area contributed by atoms with Crippen molar-refractivity contribution >= 4 is 11.6 Å². The first-order valence-corrected chi connectivity index (χ1v) is 11.5. The molecule has 4 saturated carbocycles. The van der Waals surface area contributed by atoms with Gasteiger partial charge in [-0.3, -0.25) is 9.59 Å². The van der Waals surface area contributed by atoms with E-state index in [0.717, 1.165) is 19.3 Å². The van der Waals surface area contributed by atoms with E-state index in [-0.39, 0.29) is 22.7 Å². The van der Waals surface area contributed by atoms with E-state index in [1.165, 1.54) is 32.1 Å². The zero-order valence-electron chi connectivity index (χ0n) is 18.4. The van der Waals surface area contributed by atoms with Crippen molar-refractivity contribution < 1.29 is 9.59 Å². The summed E-state index contributed by atoms with van der Waals surface area (Å²) in [5, 5.41) is 0. The van der Waals surface area contributed by atoms with Crippen LogP contribution in [-0.2, 0) is 9.59 Å². The highest BCUT2D eigenvalue weighted by molar-refractivity contribution is 5.83. The highest BCUT2D eigenvalue weighted by Gasteiger charge is 2.62. The maximum atomic E-state index is 13.4. The minimum atomic E-state index is 0.152. The van der Waals surface area contributed by atoms with Gasteiger partial charge in [0, 0.05) is 18.3 Å². The lowest BCUT2D eigenvalue weighted by Crippen LogP contribution is -2.57. The van der Waals surface area contributed by atoms with Crippen LogP contribution in [0.5, 0.6) is 0 Å². The third-order valence-corrected chi connectivity index (χ3v) is 10.2. The molecule has 0 aromatic carbocycles. The molecule has 0 radical (unpaired) electrons. The number of Topliss-reactive ketones (excluding diaryl/α,β-unsaturated/α-hetero) is 2. The van der Waals surface area contributed by atoms with Gasteiger partial charge in [0.1, 0.15) is 11.6 Å². The number of carbonyl (C=O) groups is 2. The molecule has 4 aliphatic carbocycles. The molecule has 27 heavy (non-hydrogen) atoms. The Morgan fingerprint density at radius 2 is 1.59 bits per heavy atom. The summed E-state index contributed by atoms with van der Waals surface area (Å²) >= 11 is 0. The van der Waals surface area contributed by atoms with E-state index >= 15 is 0 Å². The van der Waals surface area contributed by atoms with Crippen LogP contribution < -0.4 is 0 Å². The summed E-state index contributed by atoms with van der Waals surface area (Å²) in [6, 6.07) is 0. The van der Waals surface area contributed by atoms with Crippen molar-refractivity contribution in [3.8, 4) is 0 Å². The maximum Gasteiger partial charge on any atom is 0.136 e. The lowest BCUT2D eigenvalue weighted by molar-refractivity contribution is -0.159. The first-order chi connectivity index (χ1) is 12.5. The molecule has 0 N–H and O–H groups in total. The average Bonchev–Trinajstić information content (AvgIpc) is 2.91. The predicted molar refractivity (Wildman–Crippen MR) is 109 cm³/mol. The highest BCUT2D eigenvalue weighted by Crippen LogP contribution is 2.67. The minimum absolute atomic E-state index is 0.152. The molecule has 0 aromatic rings. The van der Waals surface area contributed by atoms with Crippen molar-refractivity contribution in [1.29, 1.82) is 0 Å². The van der Waals surface area contributed by atoms with Gasteiger partial charge in [0.25, 0.3) is 0 Å². The lowest BCUT2D eigenvalue weighted by Gasteiger charge is -2.61. The number of fused-ring (bicyclic) bond motifs is 5. The zero-order valence-corrected chi connectivity index (χ0v) is 18.4. The summed E-state index contributed by atoms with van der Waals surface area (Å²) in [4.78, 5) is 25.7. The van der Waals surface area contributed by atoms with Crippen LogP contribution in [0.3, 0.4) is 0 Å². The van der Waals surface area contributed by atoms with Crippen LogP contribution in [-0.4, -0.2) is 11.6 Å². The van der Waals surface area contributed by atoms with Crippen LogP contribution in [0.15, 0.2) is 0 Å². The smallest absolute Gasteiger partial charge is 0.136 e. The third kappa shape index (κ3) is 2.79.